The Kier molecular flexibility index (Phi) is 4.15. The second kappa shape index (κ2) is 5.82. The highest BCUT2D eigenvalue weighted by atomic mass is 32.1. The van der Waals surface area contributed by atoms with Crippen molar-refractivity contribution in [1.82, 2.24) is 9.97 Å². The molecule has 0 spiro atoms. The van der Waals surface area contributed by atoms with Gasteiger partial charge < -0.3 is 10.6 Å². The summed E-state index contributed by atoms with van der Waals surface area (Å²) in [7, 11) is 0. The third kappa shape index (κ3) is 3.20. The molecule has 0 aromatic carbocycles. The van der Waals surface area contributed by atoms with Crippen LogP contribution in [0.4, 0.5) is 11.8 Å². The lowest BCUT2D eigenvalue weighted by Crippen LogP contribution is -2.10. The van der Waals surface area contributed by atoms with E-state index in [1.165, 1.54) is 5.56 Å². The van der Waals surface area contributed by atoms with E-state index in [-0.39, 0.29) is 6.04 Å². The van der Waals surface area contributed by atoms with Gasteiger partial charge in [-0.1, -0.05) is 0 Å². The maximum absolute atomic E-state index is 4.44. The second-order valence-electron chi connectivity index (χ2n) is 4.17. The van der Waals surface area contributed by atoms with Crippen LogP contribution in [0.5, 0.6) is 0 Å². The Morgan fingerprint density at radius 3 is 2.89 bits per heavy atom. The van der Waals surface area contributed by atoms with Crippen molar-refractivity contribution in [2.45, 2.75) is 26.8 Å². The number of nitrogens with zero attached hydrogens (tertiary/aromatic N) is 2. The van der Waals surface area contributed by atoms with Crippen molar-refractivity contribution in [1.29, 1.82) is 0 Å². The molecule has 96 valence electrons. The van der Waals surface area contributed by atoms with Gasteiger partial charge in [-0.2, -0.15) is 16.3 Å². The number of aryl methyl sites for hydroxylation is 1. The average molecular weight is 262 g/mol. The minimum atomic E-state index is 0.250. The minimum absolute atomic E-state index is 0.250. The predicted octanol–water partition coefficient (Wildman–Crippen LogP) is 3.45. The highest BCUT2D eigenvalue weighted by molar-refractivity contribution is 7.07. The van der Waals surface area contributed by atoms with Crippen molar-refractivity contribution in [3.63, 3.8) is 0 Å². The summed E-state index contributed by atoms with van der Waals surface area (Å²) < 4.78 is 0. The van der Waals surface area contributed by atoms with Crippen molar-refractivity contribution >= 4 is 23.1 Å². The first-order valence-electron chi connectivity index (χ1n) is 6.07. The average Bonchev–Trinajstić information content (AvgIpc) is 2.81. The van der Waals surface area contributed by atoms with E-state index in [0.717, 1.165) is 18.1 Å². The van der Waals surface area contributed by atoms with Crippen LogP contribution in [0.25, 0.3) is 0 Å². The van der Waals surface area contributed by atoms with Gasteiger partial charge in [0.25, 0.3) is 0 Å². The highest BCUT2D eigenvalue weighted by Crippen LogP contribution is 2.21. The van der Waals surface area contributed by atoms with E-state index in [1.807, 2.05) is 19.9 Å². The van der Waals surface area contributed by atoms with Gasteiger partial charge in [0.15, 0.2) is 0 Å². The molecule has 0 fully saturated rings. The predicted molar refractivity (Wildman–Crippen MR) is 77.3 cm³/mol. The molecule has 0 aliphatic carbocycles. The molecule has 0 aliphatic rings. The lowest BCUT2D eigenvalue weighted by Gasteiger charge is -2.14. The molecule has 2 heterocycles. The van der Waals surface area contributed by atoms with Crippen LogP contribution in [0, 0.1) is 6.92 Å². The number of thiophene rings is 1. The third-order valence-electron chi connectivity index (χ3n) is 2.60. The standard InChI is InChI=1S/C13H18N4S/c1-4-14-13-15-9(2)7-12(17-13)16-10(3)11-5-6-18-8-11/h5-8,10H,4H2,1-3H3,(H2,14,15,16,17). The number of hydrogen-bond acceptors (Lipinski definition) is 5. The second-order valence-corrected chi connectivity index (χ2v) is 4.95. The smallest absolute Gasteiger partial charge is 0.224 e. The summed E-state index contributed by atoms with van der Waals surface area (Å²) >= 11 is 1.71. The van der Waals surface area contributed by atoms with E-state index >= 15 is 0 Å². The molecule has 2 aromatic heterocycles. The minimum Gasteiger partial charge on any atom is -0.363 e. The van der Waals surface area contributed by atoms with Gasteiger partial charge in [0.2, 0.25) is 5.95 Å². The molecule has 0 saturated heterocycles. The maximum Gasteiger partial charge on any atom is 0.224 e. The van der Waals surface area contributed by atoms with E-state index in [4.69, 9.17) is 0 Å². The number of rotatable bonds is 5. The van der Waals surface area contributed by atoms with Crippen molar-refractivity contribution in [3.8, 4) is 0 Å². The first kappa shape index (κ1) is 12.8. The van der Waals surface area contributed by atoms with Gasteiger partial charge in [0, 0.05) is 18.3 Å². The van der Waals surface area contributed by atoms with Crippen molar-refractivity contribution in [2.75, 3.05) is 17.2 Å². The van der Waals surface area contributed by atoms with Crippen LogP contribution >= 0.6 is 11.3 Å². The Morgan fingerprint density at radius 2 is 2.22 bits per heavy atom. The molecule has 2 rings (SSSR count). The van der Waals surface area contributed by atoms with Gasteiger partial charge >= 0.3 is 0 Å². The molecule has 1 unspecified atom stereocenters. The van der Waals surface area contributed by atoms with E-state index in [9.17, 15) is 0 Å². The SMILES string of the molecule is CCNc1nc(C)cc(NC(C)c2ccsc2)n1. The summed E-state index contributed by atoms with van der Waals surface area (Å²) in [5, 5.41) is 10.8. The number of nitrogens with one attached hydrogen (secondary N) is 2. The fourth-order valence-corrected chi connectivity index (χ4v) is 2.46. The summed E-state index contributed by atoms with van der Waals surface area (Å²) in [6.45, 7) is 6.96. The summed E-state index contributed by atoms with van der Waals surface area (Å²) in [4.78, 5) is 8.78. The van der Waals surface area contributed by atoms with Crippen molar-refractivity contribution < 1.29 is 0 Å². The number of aromatic nitrogens is 2. The Hall–Kier alpha value is -1.62. The van der Waals surface area contributed by atoms with E-state index in [0.29, 0.717) is 5.95 Å². The molecule has 1 atom stereocenters. The van der Waals surface area contributed by atoms with Crippen LogP contribution in [0.3, 0.4) is 0 Å². The molecule has 2 aromatic rings. The number of hydrogen-bond donors (Lipinski definition) is 2. The maximum atomic E-state index is 4.44. The fraction of sp³-hybridized carbons (Fsp3) is 0.385. The molecular weight excluding hydrogens is 244 g/mol. The van der Waals surface area contributed by atoms with Crippen LogP contribution in [0.2, 0.25) is 0 Å². The fourth-order valence-electron chi connectivity index (χ4n) is 1.71. The summed E-state index contributed by atoms with van der Waals surface area (Å²) in [5.74, 6) is 1.54. The normalized spacial score (nSPS) is 12.2. The van der Waals surface area contributed by atoms with Gasteiger partial charge in [-0.25, -0.2) is 4.98 Å². The van der Waals surface area contributed by atoms with Gasteiger partial charge in [-0.3, -0.25) is 0 Å². The largest absolute Gasteiger partial charge is 0.363 e. The Bertz CT molecular complexity index is 496. The van der Waals surface area contributed by atoms with Crippen LogP contribution in [0.1, 0.15) is 31.1 Å². The first-order valence-corrected chi connectivity index (χ1v) is 7.01. The first-order chi connectivity index (χ1) is 8.69. The van der Waals surface area contributed by atoms with Gasteiger partial charge in [-0.15, -0.1) is 0 Å². The molecule has 0 amide bonds. The summed E-state index contributed by atoms with van der Waals surface area (Å²) in [6.07, 6.45) is 0. The highest BCUT2D eigenvalue weighted by Gasteiger charge is 2.08. The lowest BCUT2D eigenvalue weighted by molar-refractivity contribution is 0.875. The van der Waals surface area contributed by atoms with Gasteiger partial charge in [-0.05, 0) is 43.2 Å². The zero-order valence-electron chi connectivity index (χ0n) is 10.9. The van der Waals surface area contributed by atoms with Gasteiger partial charge in [0.05, 0.1) is 6.04 Å². The molecule has 2 N–H and O–H groups in total. The van der Waals surface area contributed by atoms with E-state index in [1.54, 1.807) is 11.3 Å². The van der Waals surface area contributed by atoms with Crippen LogP contribution in [-0.2, 0) is 0 Å². The Morgan fingerprint density at radius 1 is 1.39 bits per heavy atom. The molecule has 0 aliphatic heterocycles. The molecule has 0 bridgehead atoms. The number of anilines is 2. The molecule has 0 radical (unpaired) electrons. The molecule has 18 heavy (non-hydrogen) atoms. The molecular formula is C13H18N4S. The lowest BCUT2D eigenvalue weighted by atomic mass is 10.2. The molecule has 4 nitrogen and oxygen atoms in total. The zero-order valence-corrected chi connectivity index (χ0v) is 11.7. The Labute approximate surface area is 111 Å². The van der Waals surface area contributed by atoms with Crippen molar-refractivity contribution in [2.24, 2.45) is 0 Å². The van der Waals surface area contributed by atoms with Crippen LogP contribution in [0.15, 0.2) is 22.9 Å². The summed E-state index contributed by atoms with van der Waals surface area (Å²) in [6, 6.07) is 4.34. The molecule has 5 heteroatoms. The van der Waals surface area contributed by atoms with Gasteiger partial charge in [0.1, 0.15) is 5.82 Å². The third-order valence-corrected chi connectivity index (χ3v) is 3.30. The van der Waals surface area contributed by atoms with Crippen molar-refractivity contribution in [3.05, 3.63) is 34.2 Å². The van der Waals surface area contributed by atoms with Crippen LogP contribution < -0.4 is 10.6 Å². The van der Waals surface area contributed by atoms with Crippen LogP contribution in [-0.4, -0.2) is 16.5 Å². The van der Waals surface area contributed by atoms with E-state index < -0.39 is 0 Å². The van der Waals surface area contributed by atoms with E-state index in [2.05, 4.69) is 44.4 Å². The topological polar surface area (TPSA) is 49.8 Å². The monoisotopic (exact) mass is 262 g/mol. The zero-order chi connectivity index (χ0) is 13.0. The Balaban J connectivity index is 2.13. The summed E-state index contributed by atoms with van der Waals surface area (Å²) in [5.41, 5.74) is 2.24. The molecule has 0 saturated carbocycles. The quantitative estimate of drug-likeness (QED) is 0.866.